The Morgan fingerprint density at radius 3 is 2.94 bits per heavy atom. The lowest BCUT2D eigenvalue weighted by Gasteiger charge is -2.09. The Kier molecular flexibility index (Phi) is 4.72. The molecule has 0 aliphatic heterocycles. The second-order valence-electron chi connectivity index (χ2n) is 7.81. The molecule has 0 saturated heterocycles. The van der Waals surface area contributed by atoms with Gasteiger partial charge in [-0.25, -0.2) is 13.9 Å². The lowest BCUT2D eigenvalue weighted by molar-refractivity contribution is 0.0942. The van der Waals surface area contributed by atoms with E-state index < -0.39 is 0 Å². The Bertz CT molecular complexity index is 1360. The Labute approximate surface area is 177 Å². The minimum Gasteiger partial charge on any atom is -0.497 e. The normalized spacial score (nSPS) is 13.5. The van der Waals surface area contributed by atoms with Gasteiger partial charge in [-0.05, 0) is 55.3 Å². The summed E-state index contributed by atoms with van der Waals surface area (Å²) in [7, 11) is 1.59. The number of rotatable bonds is 5. The van der Waals surface area contributed by atoms with Crippen molar-refractivity contribution >= 4 is 22.5 Å². The number of pyridine rings is 1. The Morgan fingerprint density at radius 1 is 1.26 bits per heavy atom. The quantitative estimate of drug-likeness (QED) is 0.530. The minimum atomic E-state index is -0.282. The summed E-state index contributed by atoms with van der Waals surface area (Å²) in [6.07, 6.45) is 3.72. The molecule has 1 aromatic carbocycles. The summed E-state index contributed by atoms with van der Waals surface area (Å²) in [4.78, 5) is 25.6. The van der Waals surface area contributed by atoms with Gasteiger partial charge in [0.15, 0.2) is 11.3 Å². The van der Waals surface area contributed by atoms with Gasteiger partial charge in [0.05, 0.1) is 19.2 Å². The molecule has 160 valence electrons. The van der Waals surface area contributed by atoms with E-state index in [0.29, 0.717) is 17.1 Å². The SMILES string of the molecule is COc1ccc2cc(C)c3nn(CCNC(=O)c4noc5c4CCCC5)c(=O)n3c2c1. The molecule has 0 saturated carbocycles. The highest BCUT2D eigenvalue weighted by Gasteiger charge is 2.23. The number of benzene rings is 1. The van der Waals surface area contributed by atoms with Crippen LogP contribution in [0.1, 0.15) is 40.2 Å². The number of hydrogen-bond acceptors (Lipinski definition) is 6. The van der Waals surface area contributed by atoms with Crippen LogP contribution in [0.3, 0.4) is 0 Å². The third-order valence-corrected chi connectivity index (χ3v) is 5.82. The first kappa shape index (κ1) is 19.3. The van der Waals surface area contributed by atoms with Crippen LogP contribution in [0.4, 0.5) is 0 Å². The molecule has 0 atom stereocenters. The Balaban J connectivity index is 1.40. The number of hydrogen-bond donors (Lipinski definition) is 1. The maximum Gasteiger partial charge on any atom is 0.350 e. The van der Waals surface area contributed by atoms with Crippen molar-refractivity contribution in [1.82, 2.24) is 24.7 Å². The van der Waals surface area contributed by atoms with Gasteiger partial charge in [0.1, 0.15) is 11.5 Å². The number of nitrogens with zero attached hydrogens (tertiary/aromatic N) is 4. The van der Waals surface area contributed by atoms with Crippen LogP contribution >= 0.6 is 0 Å². The number of nitrogens with one attached hydrogen (secondary N) is 1. The van der Waals surface area contributed by atoms with E-state index >= 15 is 0 Å². The molecule has 1 N–H and O–H groups in total. The van der Waals surface area contributed by atoms with Crippen molar-refractivity contribution in [3.63, 3.8) is 0 Å². The van der Waals surface area contributed by atoms with Crippen molar-refractivity contribution in [1.29, 1.82) is 0 Å². The molecular weight excluding hydrogens is 398 g/mol. The van der Waals surface area contributed by atoms with Crippen molar-refractivity contribution in [2.45, 2.75) is 39.2 Å². The molecule has 31 heavy (non-hydrogen) atoms. The van der Waals surface area contributed by atoms with Gasteiger partial charge in [0.25, 0.3) is 5.91 Å². The van der Waals surface area contributed by atoms with Gasteiger partial charge in [0, 0.05) is 24.6 Å². The monoisotopic (exact) mass is 421 g/mol. The molecule has 0 unspecified atom stereocenters. The lowest BCUT2D eigenvalue weighted by atomic mass is 9.96. The van der Waals surface area contributed by atoms with Gasteiger partial charge in [-0.15, -0.1) is 5.10 Å². The van der Waals surface area contributed by atoms with Crippen molar-refractivity contribution in [2.24, 2.45) is 0 Å². The summed E-state index contributed by atoms with van der Waals surface area (Å²) in [5, 5.41) is 12.2. The standard InChI is InChI=1S/C22H23N5O4/c1-13-11-14-7-8-15(30-2)12-17(14)27-20(13)24-26(22(27)29)10-9-23-21(28)19-16-5-3-4-6-18(16)31-25-19/h7-8,11-12H,3-6,9-10H2,1-2H3,(H,23,28). The molecule has 5 rings (SSSR count). The molecule has 1 aliphatic carbocycles. The first-order valence-electron chi connectivity index (χ1n) is 10.4. The number of carbonyl (C=O) groups excluding carboxylic acids is 1. The number of carbonyl (C=O) groups is 1. The summed E-state index contributed by atoms with van der Waals surface area (Å²) in [6, 6.07) is 7.60. The van der Waals surface area contributed by atoms with E-state index in [1.807, 2.05) is 31.2 Å². The van der Waals surface area contributed by atoms with E-state index in [4.69, 9.17) is 9.26 Å². The van der Waals surface area contributed by atoms with Gasteiger partial charge in [-0.3, -0.25) is 4.79 Å². The van der Waals surface area contributed by atoms with E-state index in [1.54, 1.807) is 11.5 Å². The summed E-state index contributed by atoms with van der Waals surface area (Å²) >= 11 is 0. The molecule has 0 bridgehead atoms. The molecular formula is C22H23N5O4. The molecule has 1 aliphatic rings. The zero-order chi connectivity index (χ0) is 21.5. The largest absolute Gasteiger partial charge is 0.497 e. The first-order valence-corrected chi connectivity index (χ1v) is 10.4. The van der Waals surface area contributed by atoms with Crippen LogP contribution in [-0.4, -0.2) is 38.9 Å². The van der Waals surface area contributed by atoms with E-state index in [0.717, 1.165) is 53.5 Å². The fraction of sp³-hybridized carbons (Fsp3) is 0.364. The molecule has 4 aromatic rings. The van der Waals surface area contributed by atoms with Crippen LogP contribution in [0.25, 0.3) is 16.6 Å². The second kappa shape index (κ2) is 7.57. The summed E-state index contributed by atoms with van der Waals surface area (Å²) in [6.45, 7) is 2.42. The Morgan fingerprint density at radius 2 is 2.10 bits per heavy atom. The minimum absolute atomic E-state index is 0.247. The maximum absolute atomic E-state index is 13.1. The molecule has 3 heterocycles. The molecule has 9 nitrogen and oxygen atoms in total. The number of fused-ring (bicyclic) bond motifs is 4. The topological polar surface area (TPSA) is 104 Å². The van der Waals surface area contributed by atoms with Crippen LogP contribution in [0, 0.1) is 6.92 Å². The average Bonchev–Trinajstić information content (AvgIpc) is 3.36. The first-order chi connectivity index (χ1) is 15.1. The summed E-state index contributed by atoms with van der Waals surface area (Å²) < 4.78 is 13.6. The van der Waals surface area contributed by atoms with Crippen molar-refractivity contribution in [3.05, 3.63) is 57.3 Å². The second-order valence-corrected chi connectivity index (χ2v) is 7.81. The van der Waals surface area contributed by atoms with Gasteiger partial charge < -0.3 is 14.6 Å². The molecule has 0 fully saturated rings. The molecule has 0 radical (unpaired) electrons. The third-order valence-electron chi connectivity index (χ3n) is 5.82. The molecule has 9 heteroatoms. The van der Waals surface area contributed by atoms with E-state index in [2.05, 4.69) is 15.6 Å². The Hall–Kier alpha value is -3.62. The van der Waals surface area contributed by atoms with Gasteiger partial charge in [-0.2, -0.15) is 0 Å². The molecule has 0 spiro atoms. The molecule has 3 aromatic heterocycles. The predicted octanol–water partition coefficient (Wildman–Crippen LogP) is 2.26. The lowest BCUT2D eigenvalue weighted by Crippen LogP contribution is -2.32. The number of aryl methyl sites for hydroxylation is 2. The number of ether oxygens (including phenoxy) is 1. The summed E-state index contributed by atoms with van der Waals surface area (Å²) in [5.74, 6) is 1.20. The number of amides is 1. The van der Waals surface area contributed by atoms with Crippen LogP contribution in [-0.2, 0) is 19.4 Å². The zero-order valence-electron chi connectivity index (χ0n) is 17.5. The fourth-order valence-corrected chi connectivity index (χ4v) is 4.21. The molecule has 1 amide bonds. The smallest absolute Gasteiger partial charge is 0.350 e. The van der Waals surface area contributed by atoms with Crippen LogP contribution in [0.2, 0.25) is 0 Å². The third kappa shape index (κ3) is 3.26. The number of methoxy groups -OCH3 is 1. The highest BCUT2D eigenvalue weighted by Crippen LogP contribution is 2.24. The van der Waals surface area contributed by atoms with Gasteiger partial charge in [0.2, 0.25) is 0 Å². The number of aromatic nitrogens is 4. The highest BCUT2D eigenvalue weighted by atomic mass is 16.5. The average molecular weight is 421 g/mol. The maximum atomic E-state index is 13.1. The summed E-state index contributed by atoms with van der Waals surface area (Å²) in [5.41, 5.74) is 3.21. The van der Waals surface area contributed by atoms with Gasteiger partial charge in [-0.1, -0.05) is 5.16 Å². The van der Waals surface area contributed by atoms with Crippen molar-refractivity contribution in [2.75, 3.05) is 13.7 Å². The van der Waals surface area contributed by atoms with E-state index in [-0.39, 0.29) is 24.7 Å². The zero-order valence-corrected chi connectivity index (χ0v) is 17.5. The van der Waals surface area contributed by atoms with Gasteiger partial charge >= 0.3 is 5.69 Å². The van der Waals surface area contributed by atoms with E-state index in [1.165, 1.54) is 4.68 Å². The fourth-order valence-electron chi connectivity index (χ4n) is 4.21. The van der Waals surface area contributed by atoms with Crippen molar-refractivity contribution < 1.29 is 14.1 Å². The highest BCUT2D eigenvalue weighted by molar-refractivity contribution is 5.93. The van der Waals surface area contributed by atoms with Crippen LogP contribution in [0.5, 0.6) is 5.75 Å². The van der Waals surface area contributed by atoms with E-state index in [9.17, 15) is 9.59 Å². The van der Waals surface area contributed by atoms with Crippen molar-refractivity contribution in [3.8, 4) is 5.75 Å². The predicted molar refractivity (Wildman–Crippen MR) is 114 cm³/mol. The van der Waals surface area contributed by atoms with Crippen LogP contribution < -0.4 is 15.7 Å². The van der Waals surface area contributed by atoms with Crippen LogP contribution in [0.15, 0.2) is 33.6 Å².